The van der Waals surface area contributed by atoms with E-state index in [1.54, 1.807) is 54.6 Å². The van der Waals surface area contributed by atoms with Crippen LogP contribution in [-0.4, -0.2) is 40.8 Å². The van der Waals surface area contributed by atoms with Gasteiger partial charge >= 0.3 is 6.18 Å². The molecular weight excluding hydrogens is 535 g/mol. The fraction of sp³-hybridized carbons (Fsp3) is 0.222. The molecular formula is C27H23ClF3N5O3. The van der Waals surface area contributed by atoms with Crippen LogP contribution < -0.4 is 16.0 Å². The van der Waals surface area contributed by atoms with E-state index < -0.39 is 55.2 Å². The Bertz CT molecular complexity index is 1400. The molecule has 202 valence electrons. The smallest absolute Gasteiger partial charge is 0.370 e. The summed E-state index contributed by atoms with van der Waals surface area (Å²) in [6.45, 7) is 0. The average Bonchev–Trinajstić information content (AvgIpc) is 3.01. The molecule has 1 aliphatic heterocycles. The number of nitrogens with zero attached hydrogens (tertiary/aromatic N) is 3. The number of nitrogens with one attached hydrogen (secondary N) is 1. The first-order chi connectivity index (χ1) is 18.5. The second kappa shape index (κ2) is 11.6. The second-order valence-corrected chi connectivity index (χ2v) is 9.24. The van der Waals surface area contributed by atoms with Crippen molar-refractivity contribution in [2.45, 2.75) is 31.6 Å². The lowest BCUT2D eigenvalue weighted by Gasteiger charge is -2.25. The molecule has 0 saturated carbocycles. The molecule has 1 aromatic heterocycles. The maximum Gasteiger partial charge on any atom is 0.389 e. The van der Waals surface area contributed by atoms with Gasteiger partial charge in [-0.3, -0.25) is 19.3 Å². The maximum atomic E-state index is 13.9. The Morgan fingerprint density at radius 3 is 2.38 bits per heavy atom. The number of nitrogens with two attached hydrogens (primary N) is 1. The van der Waals surface area contributed by atoms with Crippen molar-refractivity contribution in [3.63, 3.8) is 0 Å². The Balaban J connectivity index is 1.79. The van der Waals surface area contributed by atoms with Crippen LogP contribution >= 0.6 is 11.6 Å². The van der Waals surface area contributed by atoms with Gasteiger partial charge in [0.15, 0.2) is 0 Å². The average molecular weight is 558 g/mol. The minimum Gasteiger partial charge on any atom is -0.370 e. The number of halogens is 4. The Labute approximate surface area is 226 Å². The van der Waals surface area contributed by atoms with Crippen molar-refractivity contribution in [3.05, 3.63) is 89.1 Å². The van der Waals surface area contributed by atoms with Crippen molar-refractivity contribution in [3.8, 4) is 0 Å². The SMILES string of the molecule is NC(=O)CC(CCC(F)(F)F)C(=O)NC1N=C(c2ccccc2)c2ccccc2N(c2ccc(Cl)cn2)C1=O. The van der Waals surface area contributed by atoms with E-state index in [0.29, 0.717) is 27.5 Å². The number of benzene rings is 2. The Hall–Kier alpha value is -4.25. The van der Waals surface area contributed by atoms with Crippen LogP contribution in [0, 0.1) is 5.92 Å². The van der Waals surface area contributed by atoms with Crippen LogP contribution in [-0.2, 0) is 14.4 Å². The third-order valence-electron chi connectivity index (χ3n) is 5.97. The van der Waals surface area contributed by atoms with Gasteiger partial charge in [0.2, 0.25) is 18.0 Å². The minimum atomic E-state index is -4.55. The van der Waals surface area contributed by atoms with Crippen molar-refractivity contribution in [1.82, 2.24) is 10.3 Å². The highest BCUT2D eigenvalue weighted by Crippen LogP contribution is 2.33. The molecule has 0 aliphatic carbocycles. The summed E-state index contributed by atoms with van der Waals surface area (Å²) in [5.41, 5.74) is 7.17. The van der Waals surface area contributed by atoms with E-state index in [1.165, 1.54) is 23.2 Å². The number of amides is 3. The van der Waals surface area contributed by atoms with Crippen molar-refractivity contribution in [1.29, 1.82) is 0 Å². The molecule has 2 atom stereocenters. The molecule has 1 aliphatic rings. The number of para-hydroxylation sites is 1. The summed E-state index contributed by atoms with van der Waals surface area (Å²) in [4.78, 5) is 48.7. The van der Waals surface area contributed by atoms with Crippen LogP contribution in [0.1, 0.15) is 30.4 Å². The standard InChI is InChI=1S/C27H23ClF3N5O3/c28-18-10-11-22(33-15-18)36-20-9-5-4-8-19(20)23(16-6-2-1-3-7-16)34-24(26(36)39)35-25(38)17(14-21(32)37)12-13-27(29,30)31/h1-11,15,17,24H,12-14H2,(H2,32,37)(H,35,38). The van der Waals surface area contributed by atoms with E-state index >= 15 is 0 Å². The lowest BCUT2D eigenvalue weighted by molar-refractivity contribution is -0.143. The van der Waals surface area contributed by atoms with Crippen molar-refractivity contribution >= 4 is 46.5 Å². The first-order valence-electron chi connectivity index (χ1n) is 11.9. The third kappa shape index (κ3) is 6.80. The van der Waals surface area contributed by atoms with Crippen LogP contribution in [0.4, 0.5) is 24.7 Å². The maximum absolute atomic E-state index is 13.9. The number of alkyl halides is 3. The number of hydrogen-bond acceptors (Lipinski definition) is 5. The van der Waals surface area contributed by atoms with Gasteiger partial charge in [-0.2, -0.15) is 13.2 Å². The minimum absolute atomic E-state index is 0.186. The van der Waals surface area contributed by atoms with E-state index in [-0.39, 0.29) is 5.82 Å². The summed E-state index contributed by atoms with van der Waals surface area (Å²) in [6, 6.07) is 18.9. The Kier molecular flexibility index (Phi) is 8.29. The molecule has 3 aromatic rings. The van der Waals surface area contributed by atoms with Crippen LogP contribution in [0.25, 0.3) is 0 Å². The normalized spacial score (nSPS) is 16.1. The fourth-order valence-corrected chi connectivity index (χ4v) is 4.29. The molecule has 4 rings (SSSR count). The number of carbonyl (C=O) groups is 3. The Morgan fingerprint density at radius 2 is 1.74 bits per heavy atom. The summed E-state index contributed by atoms with van der Waals surface area (Å²) in [6.07, 6.45) is -7.37. The molecule has 8 nitrogen and oxygen atoms in total. The number of aromatic nitrogens is 1. The van der Waals surface area contributed by atoms with Gasteiger partial charge in [0.05, 0.1) is 16.4 Å². The number of carbonyl (C=O) groups excluding carboxylic acids is 3. The summed E-state index contributed by atoms with van der Waals surface area (Å²) in [7, 11) is 0. The number of primary amides is 1. The molecule has 2 aromatic carbocycles. The number of hydrogen-bond donors (Lipinski definition) is 2. The molecule has 2 unspecified atom stereocenters. The number of rotatable bonds is 8. The molecule has 12 heteroatoms. The van der Waals surface area contributed by atoms with Gasteiger partial charge < -0.3 is 11.1 Å². The quantitative estimate of drug-likeness (QED) is 0.423. The predicted octanol–water partition coefficient (Wildman–Crippen LogP) is 4.53. The molecule has 2 heterocycles. The van der Waals surface area contributed by atoms with Crippen molar-refractivity contribution < 1.29 is 27.6 Å². The number of aliphatic imine (C=N–C) groups is 1. The van der Waals surface area contributed by atoms with E-state index in [0.717, 1.165) is 0 Å². The summed E-state index contributed by atoms with van der Waals surface area (Å²) >= 11 is 5.99. The summed E-state index contributed by atoms with van der Waals surface area (Å²) < 4.78 is 38.7. The van der Waals surface area contributed by atoms with E-state index in [2.05, 4.69) is 15.3 Å². The van der Waals surface area contributed by atoms with E-state index in [4.69, 9.17) is 17.3 Å². The molecule has 3 N–H and O–H groups in total. The van der Waals surface area contributed by atoms with Gasteiger partial charge in [-0.1, -0.05) is 60.1 Å². The van der Waals surface area contributed by atoms with E-state index in [9.17, 15) is 27.6 Å². The largest absolute Gasteiger partial charge is 0.389 e. The summed E-state index contributed by atoms with van der Waals surface area (Å²) in [5, 5.41) is 2.78. The number of fused-ring (bicyclic) bond motifs is 1. The zero-order valence-corrected chi connectivity index (χ0v) is 21.1. The van der Waals surface area contributed by atoms with Gasteiger partial charge in [0.25, 0.3) is 5.91 Å². The first-order valence-corrected chi connectivity index (χ1v) is 12.2. The zero-order chi connectivity index (χ0) is 28.2. The van der Waals surface area contributed by atoms with Gasteiger partial charge in [-0.05, 0) is 24.6 Å². The molecule has 0 spiro atoms. The topological polar surface area (TPSA) is 118 Å². The van der Waals surface area contributed by atoms with Gasteiger partial charge in [-0.15, -0.1) is 0 Å². The highest BCUT2D eigenvalue weighted by molar-refractivity contribution is 6.30. The molecule has 0 fully saturated rings. The lowest BCUT2D eigenvalue weighted by atomic mass is 9.97. The van der Waals surface area contributed by atoms with Crippen LogP contribution in [0.3, 0.4) is 0 Å². The van der Waals surface area contributed by atoms with Gasteiger partial charge in [-0.25, -0.2) is 9.98 Å². The van der Waals surface area contributed by atoms with Crippen LogP contribution in [0.15, 0.2) is 77.9 Å². The highest BCUT2D eigenvalue weighted by atomic mass is 35.5. The number of anilines is 2. The van der Waals surface area contributed by atoms with Crippen molar-refractivity contribution in [2.24, 2.45) is 16.6 Å². The highest BCUT2D eigenvalue weighted by Gasteiger charge is 2.37. The van der Waals surface area contributed by atoms with Crippen LogP contribution in [0.5, 0.6) is 0 Å². The Morgan fingerprint density at radius 1 is 1.05 bits per heavy atom. The van der Waals surface area contributed by atoms with Crippen LogP contribution in [0.2, 0.25) is 5.02 Å². The lowest BCUT2D eigenvalue weighted by Crippen LogP contribution is -2.48. The van der Waals surface area contributed by atoms with Gasteiger partial charge in [0, 0.05) is 36.1 Å². The molecule has 3 amide bonds. The van der Waals surface area contributed by atoms with E-state index in [1.807, 2.05) is 0 Å². The third-order valence-corrected chi connectivity index (χ3v) is 6.20. The summed E-state index contributed by atoms with van der Waals surface area (Å²) in [5.74, 6) is -3.85. The van der Waals surface area contributed by atoms with Crippen molar-refractivity contribution in [2.75, 3.05) is 4.90 Å². The molecule has 39 heavy (non-hydrogen) atoms. The van der Waals surface area contributed by atoms with Gasteiger partial charge in [0.1, 0.15) is 5.82 Å². The first kappa shape index (κ1) is 27.8. The number of benzodiazepines with no additional fused rings is 1. The second-order valence-electron chi connectivity index (χ2n) is 8.80. The zero-order valence-electron chi connectivity index (χ0n) is 20.4. The monoisotopic (exact) mass is 557 g/mol. The molecule has 0 bridgehead atoms. The predicted molar refractivity (Wildman–Crippen MR) is 139 cm³/mol. The molecule has 0 radical (unpaired) electrons. The number of pyridine rings is 1. The molecule has 0 saturated heterocycles. The fourth-order valence-electron chi connectivity index (χ4n) is 4.18.